The minimum atomic E-state index is -0.324. The van der Waals surface area contributed by atoms with Crippen LogP contribution in [0.25, 0.3) is 10.8 Å². The van der Waals surface area contributed by atoms with Gasteiger partial charge in [0.15, 0.2) is 0 Å². The zero-order valence-corrected chi connectivity index (χ0v) is 17.8. The molecule has 0 saturated carbocycles. The number of nitrogens with zero attached hydrogens (tertiary/aromatic N) is 1. The average molecular weight is 411 g/mol. The summed E-state index contributed by atoms with van der Waals surface area (Å²) in [7, 11) is 1.55. The Morgan fingerprint density at radius 3 is 2.57 bits per heavy atom. The fourth-order valence-electron chi connectivity index (χ4n) is 2.98. The summed E-state index contributed by atoms with van der Waals surface area (Å²) in [5.41, 5.74) is 7.20. The van der Waals surface area contributed by atoms with Crippen LogP contribution in [0.3, 0.4) is 0 Å². The van der Waals surface area contributed by atoms with Crippen molar-refractivity contribution in [1.82, 2.24) is 9.88 Å². The molecule has 0 radical (unpaired) electrons. The van der Waals surface area contributed by atoms with Crippen LogP contribution in [0.1, 0.15) is 39.3 Å². The minimum absolute atomic E-state index is 0. The number of carbonyl (C=O) groups is 1. The van der Waals surface area contributed by atoms with Gasteiger partial charge in [-0.25, -0.2) is 4.79 Å². The van der Waals surface area contributed by atoms with Gasteiger partial charge in [0.2, 0.25) is 0 Å². The first-order valence-corrected chi connectivity index (χ1v) is 9.43. The standard InChI is InChI=1S/C20H30N4O3.ClH/c1-5-6-9-27-18-16-10-14(23-20(26)22-4)7-8-15(16)19(25)24(12-13(2)3)17(18)11-21;/h7-8,10,13H,5-6,9,11-12,21H2,1-4H3,(H2,22,23,26);1H. The van der Waals surface area contributed by atoms with Gasteiger partial charge in [-0.3, -0.25) is 4.79 Å². The third-order valence-electron chi connectivity index (χ3n) is 4.30. The lowest BCUT2D eigenvalue weighted by Crippen LogP contribution is -2.28. The number of urea groups is 1. The van der Waals surface area contributed by atoms with Crippen LogP contribution >= 0.6 is 12.4 Å². The molecule has 1 aromatic carbocycles. The molecular formula is C20H31ClN4O3. The van der Waals surface area contributed by atoms with E-state index in [0.717, 1.165) is 12.8 Å². The van der Waals surface area contributed by atoms with Crippen LogP contribution < -0.4 is 26.7 Å². The number of unbranched alkanes of at least 4 members (excludes halogenated alkanes) is 1. The summed E-state index contributed by atoms with van der Waals surface area (Å²) in [5.74, 6) is 0.921. The number of nitrogens with one attached hydrogen (secondary N) is 2. The molecule has 1 aromatic heterocycles. The van der Waals surface area contributed by atoms with Crippen molar-refractivity contribution >= 4 is 34.9 Å². The van der Waals surface area contributed by atoms with E-state index in [2.05, 4.69) is 31.4 Å². The molecule has 2 aromatic rings. The summed E-state index contributed by atoms with van der Waals surface area (Å²) >= 11 is 0. The van der Waals surface area contributed by atoms with E-state index in [1.807, 2.05) is 0 Å². The van der Waals surface area contributed by atoms with Gasteiger partial charge < -0.3 is 25.7 Å². The second kappa shape index (κ2) is 10.9. The molecule has 0 saturated heterocycles. The molecule has 156 valence electrons. The Hall–Kier alpha value is -2.25. The first kappa shape index (κ1) is 23.8. The van der Waals surface area contributed by atoms with Crippen molar-refractivity contribution in [3.8, 4) is 5.75 Å². The van der Waals surface area contributed by atoms with E-state index in [4.69, 9.17) is 10.5 Å². The molecule has 2 rings (SSSR count). The summed E-state index contributed by atoms with van der Waals surface area (Å²) in [6, 6.07) is 4.89. The number of halogens is 1. The Morgan fingerprint density at radius 1 is 1.29 bits per heavy atom. The number of nitrogens with two attached hydrogens (primary N) is 1. The third-order valence-corrected chi connectivity index (χ3v) is 4.30. The summed E-state index contributed by atoms with van der Waals surface area (Å²) in [6.45, 7) is 7.54. The highest BCUT2D eigenvalue weighted by Gasteiger charge is 2.18. The number of aromatic nitrogens is 1. The maximum atomic E-state index is 13.1. The monoisotopic (exact) mass is 410 g/mol. The van der Waals surface area contributed by atoms with E-state index >= 15 is 0 Å². The molecule has 7 nitrogen and oxygen atoms in total. The molecular weight excluding hydrogens is 380 g/mol. The molecule has 0 aliphatic carbocycles. The van der Waals surface area contributed by atoms with E-state index in [-0.39, 0.29) is 30.5 Å². The molecule has 28 heavy (non-hydrogen) atoms. The maximum Gasteiger partial charge on any atom is 0.318 e. The van der Waals surface area contributed by atoms with Crippen LogP contribution in [0.15, 0.2) is 23.0 Å². The van der Waals surface area contributed by atoms with Gasteiger partial charge in [-0.1, -0.05) is 27.2 Å². The van der Waals surface area contributed by atoms with Crippen LogP contribution in [0.5, 0.6) is 5.75 Å². The Labute approximate surface area is 172 Å². The highest BCUT2D eigenvalue weighted by molar-refractivity contribution is 5.95. The first-order valence-electron chi connectivity index (χ1n) is 9.43. The predicted molar refractivity (Wildman–Crippen MR) is 117 cm³/mol. The minimum Gasteiger partial charge on any atom is -0.491 e. The van der Waals surface area contributed by atoms with Crippen LogP contribution in [-0.2, 0) is 13.1 Å². The number of hydrogen-bond acceptors (Lipinski definition) is 4. The van der Waals surface area contributed by atoms with E-state index in [1.54, 1.807) is 29.8 Å². The Kier molecular flexibility index (Phi) is 9.28. The lowest BCUT2D eigenvalue weighted by molar-refractivity contribution is 0.254. The van der Waals surface area contributed by atoms with Crippen LogP contribution in [0.4, 0.5) is 10.5 Å². The largest absolute Gasteiger partial charge is 0.491 e. The van der Waals surface area contributed by atoms with Crippen LogP contribution in [-0.4, -0.2) is 24.3 Å². The van der Waals surface area contributed by atoms with Gasteiger partial charge in [-0.05, 0) is 30.5 Å². The quantitative estimate of drug-likeness (QED) is 0.580. The van der Waals surface area contributed by atoms with Crippen molar-refractivity contribution in [2.75, 3.05) is 19.0 Å². The molecule has 0 spiro atoms. The highest BCUT2D eigenvalue weighted by atomic mass is 35.5. The smallest absolute Gasteiger partial charge is 0.318 e. The number of fused-ring (bicyclic) bond motifs is 1. The normalized spacial score (nSPS) is 10.6. The second-order valence-electron chi connectivity index (χ2n) is 6.96. The molecule has 8 heteroatoms. The van der Waals surface area contributed by atoms with E-state index < -0.39 is 0 Å². The third kappa shape index (κ3) is 5.39. The molecule has 4 N–H and O–H groups in total. The van der Waals surface area contributed by atoms with Crippen LogP contribution in [0.2, 0.25) is 0 Å². The van der Waals surface area contributed by atoms with E-state index in [0.29, 0.717) is 47.0 Å². The summed E-state index contributed by atoms with van der Waals surface area (Å²) < 4.78 is 7.80. The number of amides is 2. The van der Waals surface area contributed by atoms with E-state index in [1.165, 1.54) is 0 Å². The number of carbonyl (C=O) groups excluding carboxylic acids is 1. The number of hydrogen-bond donors (Lipinski definition) is 3. The molecule has 0 atom stereocenters. The van der Waals surface area contributed by atoms with Crippen molar-refractivity contribution in [3.63, 3.8) is 0 Å². The molecule has 0 aliphatic heterocycles. The van der Waals surface area contributed by atoms with Crippen molar-refractivity contribution < 1.29 is 9.53 Å². The predicted octanol–water partition coefficient (Wildman–Crippen LogP) is 3.47. The number of anilines is 1. The molecule has 2 amide bonds. The molecule has 0 aliphatic rings. The SMILES string of the molecule is CCCCOc1c(CN)n(CC(C)C)c(=O)c2ccc(NC(=O)NC)cc12.Cl. The first-order chi connectivity index (χ1) is 12.9. The Morgan fingerprint density at radius 2 is 2.00 bits per heavy atom. The Balaban J connectivity index is 0.00000392. The van der Waals surface area contributed by atoms with Crippen molar-refractivity contribution in [1.29, 1.82) is 0 Å². The van der Waals surface area contributed by atoms with Gasteiger partial charge in [0, 0.05) is 31.2 Å². The Bertz CT molecular complexity index is 865. The van der Waals surface area contributed by atoms with Gasteiger partial charge in [-0.2, -0.15) is 0 Å². The molecule has 1 heterocycles. The average Bonchev–Trinajstić information content (AvgIpc) is 2.64. The summed E-state index contributed by atoms with van der Waals surface area (Å²) in [4.78, 5) is 24.7. The number of benzene rings is 1. The summed E-state index contributed by atoms with van der Waals surface area (Å²) in [6.07, 6.45) is 1.91. The maximum absolute atomic E-state index is 13.1. The van der Waals surface area contributed by atoms with Gasteiger partial charge in [-0.15, -0.1) is 12.4 Å². The van der Waals surface area contributed by atoms with Gasteiger partial charge in [0.1, 0.15) is 5.75 Å². The zero-order valence-electron chi connectivity index (χ0n) is 17.0. The van der Waals surface area contributed by atoms with Gasteiger partial charge in [0.05, 0.1) is 17.7 Å². The number of ether oxygens (including phenoxy) is 1. The fraction of sp³-hybridized carbons (Fsp3) is 0.500. The van der Waals surface area contributed by atoms with Crippen molar-refractivity contribution in [3.05, 3.63) is 34.2 Å². The second-order valence-corrected chi connectivity index (χ2v) is 6.96. The topological polar surface area (TPSA) is 98.4 Å². The molecule has 0 bridgehead atoms. The number of rotatable bonds is 8. The molecule has 0 unspecified atom stereocenters. The van der Waals surface area contributed by atoms with Crippen molar-refractivity contribution in [2.45, 2.75) is 46.7 Å². The van der Waals surface area contributed by atoms with Crippen LogP contribution in [0, 0.1) is 5.92 Å². The number of pyridine rings is 1. The lowest BCUT2D eigenvalue weighted by atomic mass is 10.1. The van der Waals surface area contributed by atoms with E-state index in [9.17, 15) is 9.59 Å². The van der Waals surface area contributed by atoms with Gasteiger partial charge >= 0.3 is 6.03 Å². The fourth-order valence-corrected chi connectivity index (χ4v) is 2.98. The molecule has 0 fully saturated rings. The summed E-state index contributed by atoms with van der Waals surface area (Å²) in [5, 5.41) is 6.48. The zero-order chi connectivity index (χ0) is 20.0. The van der Waals surface area contributed by atoms with Crippen molar-refractivity contribution in [2.24, 2.45) is 11.7 Å². The van der Waals surface area contributed by atoms with Gasteiger partial charge in [0.25, 0.3) is 5.56 Å². The lowest BCUT2D eigenvalue weighted by Gasteiger charge is -2.21. The highest BCUT2D eigenvalue weighted by Crippen LogP contribution is 2.30.